The first kappa shape index (κ1) is 23.0. The van der Waals surface area contributed by atoms with E-state index < -0.39 is 10.0 Å². The number of carbonyl (C=O) groups excluding carboxylic acids is 1. The van der Waals surface area contributed by atoms with E-state index in [9.17, 15) is 13.2 Å². The third-order valence-electron chi connectivity index (χ3n) is 5.81. The van der Waals surface area contributed by atoms with E-state index in [2.05, 4.69) is 9.71 Å². The molecule has 0 radical (unpaired) electrons. The molecule has 2 aromatic carbocycles. The zero-order chi connectivity index (χ0) is 23.3. The highest BCUT2D eigenvalue weighted by Gasteiger charge is 2.24. The summed E-state index contributed by atoms with van der Waals surface area (Å²) in [5.41, 5.74) is 2.02. The molecule has 174 valence electrons. The van der Waals surface area contributed by atoms with Crippen molar-refractivity contribution in [3.05, 3.63) is 72.3 Å². The number of rotatable bonds is 7. The van der Waals surface area contributed by atoms with E-state index in [-0.39, 0.29) is 22.9 Å². The number of hydrogen-bond acceptors (Lipinski definition) is 5. The van der Waals surface area contributed by atoms with Gasteiger partial charge in [-0.2, -0.15) is 0 Å². The summed E-state index contributed by atoms with van der Waals surface area (Å²) in [6, 6.07) is 11.9. The molecule has 1 aromatic heterocycles. The number of aromatic nitrogens is 2. The highest BCUT2D eigenvalue weighted by Crippen LogP contribution is 2.25. The van der Waals surface area contributed by atoms with Crippen molar-refractivity contribution >= 4 is 15.9 Å². The number of hydrogen-bond donors (Lipinski definition) is 1. The van der Waals surface area contributed by atoms with Crippen molar-refractivity contribution in [3.8, 4) is 11.4 Å². The van der Waals surface area contributed by atoms with Crippen LogP contribution in [0.3, 0.4) is 0 Å². The normalized spacial score (nSPS) is 14.6. The van der Waals surface area contributed by atoms with Gasteiger partial charge in [0.05, 0.1) is 23.9 Å². The van der Waals surface area contributed by atoms with Crippen LogP contribution in [0.1, 0.15) is 41.6 Å². The van der Waals surface area contributed by atoms with Gasteiger partial charge >= 0.3 is 0 Å². The van der Waals surface area contributed by atoms with Gasteiger partial charge in [-0.25, -0.2) is 18.1 Å². The predicted molar refractivity (Wildman–Crippen MR) is 125 cm³/mol. The lowest BCUT2D eigenvalue weighted by atomic mass is 10.1. The summed E-state index contributed by atoms with van der Waals surface area (Å²) in [6.45, 7) is 1.48. The number of ether oxygens (including phenoxy) is 1. The van der Waals surface area contributed by atoms with E-state index >= 15 is 0 Å². The fourth-order valence-corrected chi connectivity index (χ4v) is 4.97. The minimum Gasteiger partial charge on any atom is -0.496 e. The minimum atomic E-state index is -3.82. The molecule has 9 heteroatoms. The van der Waals surface area contributed by atoms with Crippen molar-refractivity contribution in [1.82, 2.24) is 19.2 Å². The van der Waals surface area contributed by atoms with E-state index in [1.807, 2.05) is 35.0 Å². The van der Waals surface area contributed by atoms with Crippen LogP contribution in [0.5, 0.6) is 5.75 Å². The van der Waals surface area contributed by atoms with E-state index in [1.54, 1.807) is 23.5 Å². The summed E-state index contributed by atoms with van der Waals surface area (Å²) in [5.74, 6) is 0.180. The number of imidazole rings is 1. The monoisotopic (exact) mass is 468 g/mol. The summed E-state index contributed by atoms with van der Waals surface area (Å²) in [5, 5.41) is 0. The van der Waals surface area contributed by atoms with Gasteiger partial charge in [0.15, 0.2) is 0 Å². The second kappa shape index (κ2) is 10.2. The Morgan fingerprint density at radius 1 is 1.06 bits per heavy atom. The third kappa shape index (κ3) is 5.43. The molecule has 33 heavy (non-hydrogen) atoms. The van der Waals surface area contributed by atoms with Crippen LogP contribution in [-0.2, 0) is 16.6 Å². The molecule has 0 spiro atoms. The standard InChI is InChI=1S/C24H28N4O4S/c1-32-23-11-10-21(16-22(23)24(29)27-13-4-2-3-5-14-27)33(30,31)26-17-19-6-8-20(9-7-19)28-15-12-25-18-28/h6-12,15-16,18,26H,2-5,13-14,17H2,1H3. The Kier molecular flexibility index (Phi) is 7.10. The molecule has 2 heterocycles. The number of amides is 1. The number of nitrogens with zero attached hydrogens (tertiary/aromatic N) is 3. The number of sulfonamides is 1. The van der Waals surface area contributed by atoms with Gasteiger partial charge in [-0.3, -0.25) is 4.79 Å². The Morgan fingerprint density at radius 3 is 2.42 bits per heavy atom. The SMILES string of the molecule is COc1ccc(S(=O)(=O)NCc2ccc(-n3ccnc3)cc2)cc1C(=O)N1CCCCCC1. The van der Waals surface area contributed by atoms with Gasteiger partial charge in [-0.1, -0.05) is 25.0 Å². The summed E-state index contributed by atoms with van der Waals surface area (Å²) in [7, 11) is -2.34. The zero-order valence-electron chi connectivity index (χ0n) is 18.6. The van der Waals surface area contributed by atoms with Gasteiger partial charge in [-0.05, 0) is 48.7 Å². The van der Waals surface area contributed by atoms with Crippen molar-refractivity contribution in [1.29, 1.82) is 0 Å². The first-order valence-corrected chi connectivity index (χ1v) is 12.5. The van der Waals surface area contributed by atoms with Crippen molar-refractivity contribution in [3.63, 3.8) is 0 Å². The second-order valence-electron chi connectivity index (χ2n) is 8.03. The average molecular weight is 469 g/mol. The molecule has 0 bridgehead atoms. The first-order valence-electron chi connectivity index (χ1n) is 11.0. The predicted octanol–water partition coefficient (Wildman–Crippen LogP) is 3.38. The molecule has 4 rings (SSSR count). The maximum Gasteiger partial charge on any atom is 0.257 e. The van der Waals surface area contributed by atoms with E-state index in [0.29, 0.717) is 18.8 Å². The van der Waals surface area contributed by atoms with Crippen LogP contribution in [0.2, 0.25) is 0 Å². The Morgan fingerprint density at radius 2 is 1.79 bits per heavy atom. The highest BCUT2D eigenvalue weighted by molar-refractivity contribution is 7.89. The Bertz CT molecular complexity index is 1180. The fourth-order valence-electron chi connectivity index (χ4n) is 3.92. The van der Waals surface area contributed by atoms with Crippen LogP contribution in [0.25, 0.3) is 5.69 Å². The third-order valence-corrected chi connectivity index (χ3v) is 7.21. The van der Waals surface area contributed by atoms with Crippen LogP contribution in [0.4, 0.5) is 0 Å². The molecule has 1 aliphatic heterocycles. The molecule has 0 unspecified atom stereocenters. The van der Waals surface area contributed by atoms with Crippen molar-refractivity contribution in [2.45, 2.75) is 37.1 Å². The largest absolute Gasteiger partial charge is 0.496 e. The minimum absolute atomic E-state index is 0.0384. The molecule has 1 fully saturated rings. The summed E-state index contributed by atoms with van der Waals surface area (Å²) in [4.78, 5) is 19.0. The van der Waals surface area contributed by atoms with Gasteiger partial charge in [0, 0.05) is 37.7 Å². The quantitative estimate of drug-likeness (QED) is 0.574. The maximum atomic E-state index is 13.1. The molecule has 1 saturated heterocycles. The first-order chi connectivity index (χ1) is 16.0. The summed E-state index contributed by atoms with van der Waals surface area (Å²) < 4.78 is 35.8. The lowest BCUT2D eigenvalue weighted by molar-refractivity contribution is 0.0758. The lowest BCUT2D eigenvalue weighted by Crippen LogP contribution is -2.32. The number of methoxy groups -OCH3 is 1. The van der Waals surface area contributed by atoms with Gasteiger partial charge in [0.2, 0.25) is 10.0 Å². The summed E-state index contributed by atoms with van der Waals surface area (Å²) in [6.07, 6.45) is 9.34. The fraction of sp³-hybridized carbons (Fsp3) is 0.333. The molecule has 0 atom stereocenters. The number of nitrogens with one attached hydrogen (secondary N) is 1. The molecular formula is C24H28N4O4S. The molecule has 3 aromatic rings. The van der Waals surface area contributed by atoms with Crippen LogP contribution in [0, 0.1) is 0 Å². The van der Waals surface area contributed by atoms with Gasteiger partial charge in [0.1, 0.15) is 5.75 Å². The lowest BCUT2D eigenvalue weighted by Gasteiger charge is -2.22. The highest BCUT2D eigenvalue weighted by atomic mass is 32.2. The zero-order valence-corrected chi connectivity index (χ0v) is 19.4. The van der Waals surface area contributed by atoms with Crippen molar-refractivity contribution in [2.75, 3.05) is 20.2 Å². The average Bonchev–Trinajstić information content (AvgIpc) is 3.24. The number of carbonyl (C=O) groups is 1. The van der Waals surface area contributed by atoms with Crippen LogP contribution in [-0.4, -0.2) is 49.0 Å². The van der Waals surface area contributed by atoms with E-state index in [1.165, 1.54) is 19.2 Å². The molecule has 0 saturated carbocycles. The smallest absolute Gasteiger partial charge is 0.257 e. The molecule has 1 aliphatic rings. The van der Waals surface area contributed by atoms with Crippen LogP contribution in [0.15, 0.2) is 66.1 Å². The maximum absolute atomic E-state index is 13.1. The Labute approximate surface area is 194 Å². The number of likely N-dealkylation sites (tertiary alicyclic amines) is 1. The van der Waals surface area contributed by atoms with E-state index in [0.717, 1.165) is 36.9 Å². The van der Waals surface area contributed by atoms with E-state index in [4.69, 9.17) is 4.74 Å². The van der Waals surface area contributed by atoms with Crippen LogP contribution >= 0.6 is 0 Å². The topological polar surface area (TPSA) is 93.5 Å². The molecule has 0 aliphatic carbocycles. The Hall–Kier alpha value is -3.17. The molecule has 1 N–H and O–H groups in total. The molecule has 1 amide bonds. The van der Waals surface area contributed by atoms with Crippen molar-refractivity contribution in [2.24, 2.45) is 0 Å². The Balaban J connectivity index is 1.50. The number of benzene rings is 2. The van der Waals surface area contributed by atoms with Crippen LogP contribution < -0.4 is 9.46 Å². The van der Waals surface area contributed by atoms with Gasteiger partial charge < -0.3 is 14.2 Å². The second-order valence-corrected chi connectivity index (χ2v) is 9.80. The van der Waals surface area contributed by atoms with Gasteiger partial charge in [0.25, 0.3) is 5.91 Å². The van der Waals surface area contributed by atoms with Crippen molar-refractivity contribution < 1.29 is 17.9 Å². The van der Waals surface area contributed by atoms with Gasteiger partial charge in [-0.15, -0.1) is 0 Å². The molecule has 8 nitrogen and oxygen atoms in total. The summed E-state index contributed by atoms with van der Waals surface area (Å²) >= 11 is 0. The molecular weight excluding hydrogens is 440 g/mol.